The molecule has 1 aliphatic heterocycles. The number of carbonyl (C=O) groups excluding carboxylic acids is 1. The first-order chi connectivity index (χ1) is 13.8. The SMILES string of the molecule is O=C(Cc1csc(-c2ccco2)n1)N1CCC[C@H](c2nnc3ccccn23)C1. The molecule has 0 N–H and O–H groups in total. The summed E-state index contributed by atoms with van der Waals surface area (Å²) in [6.45, 7) is 1.45. The Hall–Kier alpha value is -3.00. The van der Waals surface area contributed by atoms with Crippen LogP contribution in [0.2, 0.25) is 0 Å². The second-order valence-electron chi connectivity index (χ2n) is 6.96. The third-order valence-electron chi connectivity index (χ3n) is 5.10. The van der Waals surface area contributed by atoms with Gasteiger partial charge >= 0.3 is 0 Å². The monoisotopic (exact) mass is 393 g/mol. The maximum Gasteiger partial charge on any atom is 0.228 e. The molecule has 28 heavy (non-hydrogen) atoms. The van der Waals surface area contributed by atoms with Gasteiger partial charge in [-0.25, -0.2) is 4.98 Å². The maximum atomic E-state index is 12.9. The van der Waals surface area contributed by atoms with Crippen LogP contribution in [0.4, 0.5) is 0 Å². The molecule has 7 nitrogen and oxygen atoms in total. The van der Waals surface area contributed by atoms with Gasteiger partial charge in [0.05, 0.1) is 18.4 Å². The van der Waals surface area contributed by atoms with Crippen LogP contribution in [0.5, 0.6) is 0 Å². The second kappa shape index (κ2) is 7.20. The summed E-state index contributed by atoms with van der Waals surface area (Å²) in [5, 5.41) is 11.4. The van der Waals surface area contributed by atoms with Crippen molar-refractivity contribution in [1.82, 2.24) is 24.5 Å². The number of thiazole rings is 1. The van der Waals surface area contributed by atoms with E-state index in [1.54, 1.807) is 6.26 Å². The molecular formula is C20H19N5O2S. The minimum atomic E-state index is 0.106. The van der Waals surface area contributed by atoms with Crippen LogP contribution in [-0.2, 0) is 11.2 Å². The van der Waals surface area contributed by atoms with Gasteiger partial charge in [0, 0.05) is 30.6 Å². The highest BCUT2D eigenvalue weighted by Crippen LogP contribution is 2.27. The summed E-state index contributed by atoms with van der Waals surface area (Å²) in [6, 6.07) is 9.59. The van der Waals surface area contributed by atoms with Gasteiger partial charge in [-0.1, -0.05) is 6.07 Å². The maximum absolute atomic E-state index is 12.9. The van der Waals surface area contributed by atoms with Gasteiger partial charge in [0.1, 0.15) is 5.82 Å². The van der Waals surface area contributed by atoms with Gasteiger partial charge in [-0.05, 0) is 37.1 Å². The number of fused-ring (bicyclic) bond motifs is 1. The van der Waals surface area contributed by atoms with E-state index in [1.165, 1.54) is 11.3 Å². The van der Waals surface area contributed by atoms with E-state index < -0.39 is 0 Å². The summed E-state index contributed by atoms with van der Waals surface area (Å²) < 4.78 is 7.40. The average molecular weight is 393 g/mol. The Morgan fingerprint density at radius 1 is 1.25 bits per heavy atom. The molecule has 1 saturated heterocycles. The van der Waals surface area contributed by atoms with E-state index in [0.717, 1.165) is 47.3 Å². The van der Waals surface area contributed by atoms with E-state index in [0.29, 0.717) is 13.0 Å². The zero-order valence-electron chi connectivity index (χ0n) is 15.2. The molecule has 0 bridgehead atoms. The average Bonchev–Trinajstić information content (AvgIpc) is 3.48. The number of furan rings is 1. The first-order valence-electron chi connectivity index (χ1n) is 9.33. The molecule has 5 rings (SSSR count). The van der Waals surface area contributed by atoms with Crippen molar-refractivity contribution in [3.05, 3.63) is 59.7 Å². The Bertz CT molecular complexity index is 1100. The van der Waals surface area contributed by atoms with Crippen molar-refractivity contribution in [2.24, 2.45) is 0 Å². The number of pyridine rings is 1. The highest BCUT2D eigenvalue weighted by atomic mass is 32.1. The number of aromatic nitrogens is 4. The number of amides is 1. The third kappa shape index (κ3) is 3.20. The van der Waals surface area contributed by atoms with Crippen LogP contribution < -0.4 is 0 Å². The molecule has 0 aliphatic carbocycles. The quantitative estimate of drug-likeness (QED) is 0.531. The van der Waals surface area contributed by atoms with Crippen molar-refractivity contribution < 1.29 is 9.21 Å². The van der Waals surface area contributed by atoms with Gasteiger partial charge in [0.15, 0.2) is 16.4 Å². The number of rotatable bonds is 4. The van der Waals surface area contributed by atoms with Gasteiger partial charge < -0.3 is 9.32 Å². The van der Waals surface area contributed by atoms with Crippen molar-refractivity contribution >= 4 is 22.9 Å². The normalized spacial score (nSPS) is 17.3. The largest absolute Gasteiger partial charge is 0.462 e. The molecule has 8 heteroatoms. The molecular weight excluding hydrogens is 374 g/mol. The zero-order chi connectivity index (χ0) is 18.9. The third-order valence-corrected chi connectivity index (χ3v) is 6.00. The van der Waals surface area contributed by atoms with Gasteiger partial charge in [-0.3, -0.25) is 9.20 Å². The molecule has 0 aromatic carbocycles. The Labute approximate surface area is 165 Å². The number of piperidine rings is 1. The number of hydrogen-bond donors (Lipinski definition) is 0. The molecule has 1 atom stereocenters. The highest BCUT2D eigenvalue weighted by Gasteiger charge is 2.28. The molecule has 142 valence electrons. The standard InChI is InChI=1S/C20H19N5O2S/c26-18(11-15-13-28-20(21-15)16-6-4-10-27-16)24-8-3-5-14(12-24)19-23-22-17-7-1-2-9-25(17)19/h1-2,4,6-7,9-10,13-14H,3,5,8,11-12H2/t14-/m0/s1. The predicted molar refractivity (Wildman–Crippen MR) is 105 cm³/mol. The number of carbonyl (C=O) groups is 1. The molecule has 0 saturated carbocycles. The topological polar surface area (TPSA) is 76.5 Å². The Morgan fingerprint density at radius 3 is 3.11 bits per heavy atom. The van der Waals surface area contributed by atoms with Gasteiger partial charge in [0.2, 0.25) is 5.91 Å². The minimum absolute atomic E-state index is 0.106. The summed E-state index contributed by atoms with van der Waals surface area (Å²) in [7, 11) is 0. The molecule has 1 aliphatic rings. The molecule has 0 radical (unpaired) electrons. The summed E-state index contributed by atoms with van der Waals surface area (Å²) >= 11 is 1.50. The highest BCUT2D eigenvalue weighted by molar-refractivity contribution is 7.13. The predicted octanol–water partition coefficient (Wildman–Crippen LogP) is 3.39. The number of hydrogen-bond acceptors (Lipinski definition) is 6. The van der Waals surface area contributed by atoms with E-state index in [4.69, 9.17) is 4.42 Å². The van der Waals surface area contributed by atoms with E-state index in [9.17, 15) is 4.79 Å². The lowest BCUT2D eigenvalue weighted by molar-refractivity contribution is -0.131. The first kappa shape index (κ1) is 17.1. The summed E-state index contributed by atoms with van der Waals surface area (Å²) in [6.07, 6.45) is 5.90. The molecule has 0 unspecified atom stereocenters. The molecule has 1 amide bonds. The first-order valence-corrected chi connectivity index (χ1v) is 10.2. The lowest BCUT2D eigenvalue weighted by Gasteiger charge is -2.32. The van der Waals surface area contributed by atoms with E-state index in [-0.39, 0.29) is 11.8 Å². The lowest BCUT2D eigenvalue weighted by atomic mass is 9.97. The Balaban J connectivity index is 1.29. The van der Waals surface area contributed by atoms with Crippen LogP contribution >= 0.6 is 11.3 Å². The second-order valence-corrected chi connectivity index (χ2v) is 7.82. The van der Waals surface area contributed by atoms with Crippen molar-refractivity contribution in [2.45, 2.75) is 25.2 Å². The fourth-order valence-electron chi connectivity index (χ4n) is 3.72. The molecule has 1 fully saturated rings. The Kier molecular flexibility index (Phi) is 4.40. The van der Waals surface area contributed by atoms with Crippen molar-refractivity contribution in [1.29, 1.82) is 0 Å². The van der Waals surface area contributed by atoms with Gasteiger partial charge in [0.25, 0.3) is 0 Å². The number of likely N-dealkylation sites (tertiary alicyclic amines) is 1. The lowest BCUT2D eigenvalue weighted by Crippen LogP contribution is -2.40. The van der Waals surface area contributed by atoms with E-state index >= 15 is 0 Å². The van der Waals surface area contributed by atoms with Crippen LogP contribution in [0.1, 0.15) is 30.3 Å². The van der Waals surface area contributed by atoms with Crippen LogP contribution in [0.15, 0.2) is 52.6 Å². The minimum Gasteiger partial charge on any atom is -0.462 e. The van der Waals surface area contributed by atoms with E-state index in [1.807, 2.05) is 51.2 Å². The molecule has 4 aromatic rings. The smallest absolute Gasteiger partial charge is 0.228 e. The van der Waals surface area contributed by atoms with Crippen molar-refractivity contribution in [3.8, 4) is 10.8 Å². The van der Waals surface area contributed by atoms with Crippen molar-refractivity contribution in [2.75, 3.05) is 13.1 Å². The van der Waals surface area contributed by atoms with Crippen LogP contribution in [-0.4, -0.2) is 43.5 Å². The van der Waals surface area contributed by atoms with Crippen LogP contribution in [0.25, 0.3) is 16.4 Å². The molecule has 0 spiro atoms. The fraction of sp³-hybridized carbons (Fsp3) is 0.300. The van der Waals surface area contributed by atoms with Gasteiger partial charge in [-0.15, -0.1) is 21.5 Å². The fourth-order valence-corrected chi connectivity index (χ4v) is 4.51. The molecule has 4 aromatic heterocycles. The number of nitrogens with zero attached hydrogens (tertiary/aromatic N) is 5. The van der Waals surface area contributed by atoms with Crippen molar-refractivity contribution in [3.63, 3.8) is 0 Å². The van der Waals surface area contributed by atoms with Crippen LogP contribution in [0, 0.1) is 0 Å². The summed E-state index contributed by atoms with van der Waals surface area (Å²) in [4.78, 5) is 19.3. The molecule has 5 heterocycles. The van der Waals surface area contributed by atoms with Gasteiger partial charge in [-0.2, -0.15) is 0 Å². The summed E-state index contributed by atoms with van der Waals surface area (Å²) in [5.74, 6) is 1.97. The zero-order valence-corrected chi connectivity index (χ0v) is 16.0. The Morgan fingerprint density at radius 2 is 2.21 bits per heavy atom. The van der Waals surface area contributed by atoms with E-state index in [2.05, 4.69) is 15.2 Å². The van der Waals surface area contributed by atoms with Crippen LogP contribution in [0.3, 0.4) is 0 Å². The summed E-state index contributed by atoms with van der Waals surface area (Å²) in [5.41, 5.74) is 1.63.